The van der Waals surface area contributed by atoms with Crippen molar-refractivity contribution in [2.45, 2.75) is 50.7 Å². The van der Waals surface area contributed by atoms with Gasteiger partial charge < -0.3 is 14.0 Å². The molecule has 1 aliphatic rings. The van der Waals surface area contributed by atoms with E-state index in [1.807, 2.05) is 31.4 Å². The van der Waals surface area contributed by atoms with Crippen molar-refractivity contribution in [1.82, 2.24) is 34.5 Å². The molecule has 5 aromatic rings. The van der Waals surface area contributed by atoms with Crippen LogP contribution >= 0.6 is 0 Å². The normalized spacial score (nSPS) is 15.6. The highest BCUT2D eigenvalue weighted by molar-refractivity contribution is 7.91. The largest absolute Gasteiger partial charge is 0.474 e. The van der Waals surface area contributed by atoms with Crippen molar-refractivity contribution in [1.29, 1.82) is 0 Å². The van der Waals surface area contributed by atoms with Crippen LogP contribution in [-0.4, -0.2) is 68.5 Å². The number of fused-ring (bicyclic) bond motifs is 3. The van der Waals surface area contributed by atoms with Gasteiger partial charge in [0.15, 0.2) is 9.84 Å². The van der Waals surface area contributed by atoms with Gasteiger partial charge in [0.2, 0.25) is 5.88 Å². The summed E-state index contributed by atoms with van der Waals surface area (Å²) in [6.07, 6.45) is 6.74. The SMILES string of the molecule is Cc1nnn(C)c1-c1cnc2c3c(OC(C)C)ncc(S(C)(=O)=O)c3n(C(c3ncccc3F)C3CCOCC3)c2c1. The zero-order chi connectivity index (χ0) is 29.8. The number of sulfone groups is 1. The van der Waals surface area contributed by atoms with E-state index in [4.69, 9.17) is 14.5 Å². The molecule has 42 heavy (non-hydrogen) atoms. The van der Waals surface area contributed by atoms with Crippen LogP contribution in [0, 0.1) is 18.7 Å². The molecule has 1 atom stereocenters. The van der Waals surface area contributed by atoms with Gasteiger partial charge in [-0.25, -0.2) is 22.5 Å². The number of aromatic nitrogens is 7. The van der Waals surface area contributed by atoms with Crippen LogP contribution in [0.5, 0.6) is 5.88 Å². The molecular weight excluding hydrogens is 561 g/mol. The smallest absolute Gasteiger partial charge is 0.225 e. The van der Waals surface area contributed by atoms with Gasteiger partial charge in [0.1, 0.15) is 16.2 Å². The summed E-state index contributed by atoms with van der Waals surface area (Å²) < 4.78 is 57.6. The molecule has 0 radical (unpaired) electrons. The van der Waals surface area contributed by atoms with E-state index in [0.29, 0.717) is 53.7 Å². The highest BCUT2D eigenvalue weighted by atomic mass is 32.2. The first-order valence-electron chi connectivity index (χ1n) is 13.8. The van der Waals surface area contributed by atoms with Gasteiger partial charge in [-0.1, -0.05) is 5.21 Å². The molecule has 0 saturated carbocycles. The molecule has 6 heterocycles. The third kappa shape index (κ3) is 4.79. The maximum atomic E-state index is 15.7. The molecule has 0 aliphatic carbocycles. The van der Waals surface area contributed by atoms with E-state index in [1.54, 1.807) is 30.2 Å². The Bertz CT molecular complexity index is 1890. The zero-order valence-electron chi connectivity index (χ0n) is 24.1. The molecule has 13 heteroatoms. The number of pyridine rings is 3. The maximum Gasteiger partial charge on any atom is 0.225 e. The van der Waals surface area contributed by atoms with Crippen LogP contribution in [0.3, 0.4) is 0 Å². The van der Waals surface area contributed by atoms with Crippen LogP contribution in [0.2, 0.25) is 0 Å². The van der Waals surface area contributed by atoms with Crippen LogP contribution in [0.25, 0.3) is 33.2 Å². The second-order valence-electron chi connectivity index (χ2n) is 11.0. The van der Waals surface area contributed by atoms with E-state index < -0.39 is 21.7 Å². The molecule has 6 rings (SSSR count). The van der Waals surface area contributed by atoms with Gasteiger partial charge in [0, 0.05) is 44.5 Å². The fourth-order valence-electron chi connectivity index (χ4n) is 5.93. The van der Waals surface area contributed by atoms with E-state index in [0.717, 1.165) is 17.5 Å². The summed E-state index contributed by atoms with van der Waals surface area (Å²) in [6, 6.07) is 4.17. The Labute approximate surface area is 242 Å². The minimum Gasteiger partial charge on any atom is -0.474 e. The van der Waals surface area contributed by atoms with Crippen molar-refractivity contribution in [2.75, 3.05) is 19.5 Å². The van der Waals surface area contributed by atoms with Gasteiger partial charge in [0.25, 0.3) is 0 Å². The monoisotopic (exact) mass is 593 g/mol. The number of rotatable bonds is 7. The summed E-state index contributed by atoms with van der Waals surface area (Å²) in [5.74, 6) is -0.337. The topological polar surface area (TPSA) is 127 Å². The fraction of sp³-hybridized carbons (Fsp3) is 0.414. The van der Waals surface area contributed by atoms with Gasteiger partial charge >= 0.3 is 0 Å². The second kappa shape index (κ2) is 10.7. The number of hydrogen-bond acceptors (Lipinski definition) is 9. The molecule has 220 valence electrons. The van der Waals surface area contributed by atoms with Crippen LogP contribution in [0.1, 0.15) is 44.1 Å². The zero-order valence-corrected chi connectivity index (χ0v) is 24.9. The van der Waals surface area contributed by atoms with E-state index in [9.17, 15) is 8.42 Å². The van der Waals surface area contributed by atoms with E-state index in [2.05, 4.69) is 20.3 Å². The standard InChI is InChI=1S/C29H32FN7O4S/c1-16(2)41-29-23-25-21(13-19(14-32-25)26-17(3)34-35-36(26)4)37(28(23)22(15-33-29)42(5,38)39)27(18-8-11-40-12-9-18)24-20(30)7-6-10-31-24/h6-7,10,13-16,18,27H,8-9,11-12H2,1-5H3. The summed E-state index contributed by atoms with van der Waals surface area (Å²) >= 11 is 0. The van der Waals surface area contributed by atoms with Crippen LogP contribution in [0.15, 0.2) is 41.7 Å². The van der Waals surface area contributed by atoms with E-state index in [-0.39, 0.29) is 28.5 Å². The molecule has 0 aromatic carbocycles. The number of halogens is 1. The van der Waals surface area contributed by atoms with Crippen molar-refractivity contribution >= 4 is 31.8 Å². The predicted molar refractivity (Wildman–Crippen MR) is 155 cm³/mol. The lowest BCUT2D eigenvalue weighted by atomic mass is 9.88. The van der Waals surface area contributed by atoms with Crippen molar-refractivity contribution in [3.05, 3.63) is 54.0 Å². The van der Waals surface area contributed by atoms with Crippen molar-refractivity contribution < 1.29 is 22.3 Å². The number of aryl methyl sites for hydroxylation is 2. The van der Waals surface area contributed by atoms with Crippen molar-refractivity contribution in [2.24, 2.45) is 13.0 Å². The Morgan fingerprint density at radius 1 is 1.14 bits per heavy atom. The molecule has 0 amide bonds. The Hall–Kier alpha value is -3.97. The van der Waals surface area contributed by atoms with Crippen LogP contribution < -0.4 is 4.74 Å². The Kier molecular flexibility index (Phi) is 7.17. The van der Waals surface area contributed by atoms with E-state index in [1.165, 1.54) is 12.3 Å². The van der Waals surface area contributed by atoms with Gasteiger partial charge in [-0.3, -0.25) is 9.97 Å². The lowest BCUT2D eigenvalue weighted by Crippen LogP contribution is -2.28. The Morgan fingerprint density at radius 3 is 2.55 bits per heavy atom. The Balaban J connectivity index is 1.81. The molecular formula is C29H32FN7O4S. The fourth-order valence-corrected chi connectivity index (χ4v) is 6.73. The first-order valence-corrected chi connectivity index (χ1v) is 15.7. The van der Waals surface area contributed by atoms with Crippen molar-refractivity contribution in [3.8, 4) is 17.1 Å². The molecule has 0 bridgehead atoms. The molecule has 0 spiro atoms. The summed E-state index contributed by atoms with van der Waals surface area (Å²) in [5, 5.41) is 8.79. The first kappa shape index (κ1) is 28.2. The second-order valence-corrected chi connectivity index (χ2v) is 12.9. The third-order valence-electron chi connectivity index (χ3n) is 7.66. The molecule has 11 nitrogen and oxygen atoms in total. The molecule has 0 N–H and O–H groups in total. The molecule has 1 aliphatic heterocycles. The summed E-state index contributed by atoms with van der Waals surface area (Å²) in [4.78, 5) is 13.8. The minimum atomic E-state index is -3.80. The lowest BCUT2D eigenvalue weighted by molar-refractivity contribution is 0.0542. The molecule has 1 fully saturated rings. The van der Waals surface area contributed by atoms with Gasteiger partial charge in [-0.15, -0.1) is 5.10 Å². The van der Waals surface area contributed by atoms with Crippen LogP contribution in [-0.2, 0) is 21.6 Å². The number of nitrogens with zero attached hydrogens (tertiary/aromatic N) is 7. The molecule has 1 saturated heterocycles. The average Bonchev–Trinajstić information content (AvgIpc) is 3.46. The number of hydrogen-bond donors (Lipinski definition) is 0. The molecule has 1 unspecified atom stereocenters. The average molecular weight is 594 g/mol. The molecule has 5 aromatic heterocycles. The highest BCUT2D eigenvalue weighted by Gasteiger charge is 2.36. The Morgan fingerprint density at radius 2 is 1.90 bits per heavy atom. The van der Waals surface area contributed by atoms with E-state index >= 15 is 4.39 Å². The van der Waals surface area contributed by atoms with Gasteiger partial charge in [-0.2, -0.15) is 0 Å². The lowest BCUT2D eigenvalue weighted by Gasteiger charge is -2.32. The minimum absolute atomic E-state index is 0.0000598. The predicted octanol–water partition coefficient (Wildman–Crippen LogP) is 4.43. The summed E-state index contributed by atoms with van der Waals surface area (Å²) in [7, 11) is -2.00. The maximum absolute atomic E-state index is 15.7. The third-order valence-corrected chi connectivity index (χ3v) is 8.76. The van der Waals surface area contributed by atoms with Crippen molar-refractivity contribution in [3.63, 3.8) is 0 Å². The first-order chi connectivity index (χ1) is 20.1. The highest BCUT2D eigenvalue weighted by Crippen LogP contribution is 2.45. The van der Waals surface area contributed by atoms with Gasteiger partial charge in [0.05, 0.1) is 51.8 Å². The summed E-state index contributed by atoms with van der Waals surface area (Å²) in [6.45, 7) is 6.59. The van der Waals surface area contributed by atoms with Gasteiger partial charge in [-0.05, 0) is 57.7 Å². The van der Waals surface area contributed by atoms with Crippen LogP contribution in [0.4, 0.5) is 4.39 Å². The number of ether oxygens (including phenoxy) is 2. The summed E-state index contributed by atoms with van der Waals surface area (Å²) in [5.41, 5.74) is 3.84. The quantitative estimate of drug-likeness (QED) is 0.269.